The molecule has 112 valence electrons. The molecule has 9 heteroatoms. The standard InChI is InChI=1S/C10H19NO6S2/c12-10(2-4-17-5-3-10)8-11-19(15,16)9-1-6-18(13,14)7-9/h9,11-12H,1-8H2. The van der Waals surface area contributed by atoms with Crippen molar-refractivity contribution in [3.8, 4) is 0 Å². The minimum Gasteiger partial charge on any atom is -0.388 e. The second-order valence-electron chi connectivity index (χ2n) is 5.23. The van der Waals surface area contributed by atoms with E-state index >= 15 is 0 Å². The van der Waals surface area contributed by atoms with Gasteiger partial charge in [-0.05, 0) is 6.42 Å². The molecule has 2 rings (SSSR count). The molecular formula is C10H19NO6S2. The number of rotatable bonds is 4. The van der Waals surface area contributed by atoms with Gasteiger partial charge >= 0.3 is 0 Å². The number of sulfone groups is 1. The fraction of sp³-hybridized carbons (Fsp3) is 1.00. The number of hydrogen-bond donors (Lipinski definition) is 2. The van der Waals surface area contributed by atoms with Gasteiger partial charge in [-0.25, -0.2) is 21.6 Å². The summed E-state index contributed by atoms with van der Waals surface area (Å²) in [6.45, 7) is 0.710. The molecule has 0 bridgehead atoms. The van der Waals surface area contributed by atoms with E-state index in [0.29, 0.717) is 26.1 Å². The highest BCUT2D eigenvalue weighted by Crippen LogP contribution is 2.22. The van der Waals surface area contributed by atoms with Crippen LogP contribution in [0.4, 0.5) is 0 Å². The van der Waals surface area contributed by atoms with Gasteiger partial charge in [0, 0.05) is 32.6 Å². The number of ether oxygens (including phenoxy) is 1. The smallest absolute Gasteiger partial charge is 0.215 e. The van der Waals surface area contributed by atoms with E-state index in [9.17, 15) is 21.9 Å². The first kappa shape index (κ1) is 15.2. The maximum absolute atomic E-state index is 12.0. The second-order valence-corrected chi connectivity index (χ2v) is 9.50. The van der Waals surface area contributed by atoms with E-state index in [4.69, 9.17) is 4.74 Å². The Kier molecular flexibility index (Phi) is 4.22. The highest BCUT2D eigenvalue weighted by molar-refractivity contribution is 7.95. The summed E-state index contributed by atoms with van der Waals surface area (Å²) in [6, 6.07) is 0. The molecule has 0 aromatic rings. The summed E-state index contributed by atoms with van der Waals surface area (Å²) in [5.41, 5.74) is -1.09. The van der Waals surface area contributed by atoms with Crippen molar-refractivity contribution in [3.63, 3.8) is 0 Å². The van der Waals surface area contributed by atoms with Crippen LogP contribution >= 0.6 is 0 Å². The quantitative estimate of drug-likeness (QED) is 0.663. The average Bonchev–Trinajstić information content (AvgIpc) is 2.69. The number of sulfonamides is 1. The van der Waals surface area contributed by atoms with Gasteiger partial charge in [0.05, 0.1) is 22.4 Å². The monoisotopic (exact) mass is 313 g/mol. The van der Waals surface area contributed by atoms with Crippen LogP contribution in [0.25, 0.3) is 0 Å². The molecule has 2 N–H and O–H groups in total. The first-order chi connectivity index (χ1) is 8.73. The third-order valence-corrected chi connectivity index (χ3v) is 7.46. The number of hydrogen-bond acceptors (Lipinski definition) is 6. The first-order valence-electron chi connectivity index (χ1n) is 6.22. The lowest BCUT2D eigenvalue weighted by molar-refractivity contribution is -0.0588. The molecule has 0 radical (unpaired) electrons. The molecular weight excluding hydrogens is 294 g/mol. The Balaban J connectivity index is 1.95. The Morgan fingerprint density at radius 2 is 1.95 bits per heavy atom. The zero-order chi connectivity index (χ0) is 14.1. The van der Waals surface area contributed by atoms with E-state index in [0.717, 1.165) is 0 Å². The lowest BCUT2D eigenvalue weighted by Crippen LogP contribution is -2.48. The molecule has 2 saturated heterocycles. The fourth-order valence-electron chi connectivity index (χ4n) is 2.29. The van der Waals surface area contributed by atoms with E-state index in [2.05, 4.69) is 4.72 Å². The molecule has 1 unspecified atom stereocenters. The van der Waals surface area contributed by atoms with Crippen LogP contribution in [0.5, 0.6) is 0 Å². The fourth-order valence-corrected chi connectivity index (χ4v) is 6.45. The predicted octanol–water partition coefficient (Wildman–Crippen LogP) is -1.37. The maximum Gasteiger partial charge on any atom is 0.215 e. The van der Waals surface area contributed by atoms with Gasteiger partial charge in [0.25, 0.3) is 0 Å². The Morgan fingerprint density at radius 3 is 2.47 bits per heavy atom. The Bertz CT molecular complexity index is 520. The van der Waals surface area contributed by atoms with Gasteiger partial charge in [-0.3, -0.25) is 0 Å². The van der Waals surface area contributed by atoms with Crippen LogP contribution in [-0.2, 0) is 24.6 Å². The van der Waals surface area contributed by atoms with Crippen LogP contribution in [0.15, 0.2) is 0 Å². The summed E-state index contributed by atoms with van der Waals surface area (Å²) in [7, 11) is -6.94. The van der Waals surface area contributed by atoms with Crippen LogP contribution < -0.4 is 4.72 Å². The summed E-state index contributed by atoms with van der Waals surface area (Å²) in [5.74, 6) is -0.416. The normalized spacial score (nSPS) is 30.3. The van der Waals surface area contributed by atoms with Crippen LogP contribution in [-0.4, -0.2) is 64.1 Å². The van der Waals surface area contributed by atoms with E-state index in [1.54, 1.807) is 0 Å². The van der Waals surface area contributed by atoms with Gasteiger partial charge in [-0.2, -0.15) is 0 Å². The van der Waals surface area contributed by atoms with Gasteiger partial charge < -0.3 is 9.84 Å². The molecule has 1 atom stereocenters. The minimum absolute atomic E-state index is 0.0866. The highest BCUT2D eigenvalue weighted by Gasteiger charge is 2.39. The van der Waals surface area contributed by atoms with Crippen LogP contribution in [0.2, 0.25) is 0 Å². The molecule has 0 aromatic heterocycles. The third kappa shape index (κ3) is 3.88. The zero-order valence-corrected chi connectivity index (χ0v) is 12.2. The van der Waals surface area contributed by atoms with Gasteiger partial charge in [0.2, 0.25) is 10.0 Å². The summed E-state index contributed by atoms with van der Waals surface area (Å²) in [6.07, 6.45) is 0.871. The summed E-state index contributed by atoms with van der Waals surface area (Å²) >= 11 is 0. The molecule has 2 fully saturated rings. The summed E-state index contributed by atoms with van der Waals surface area (Å²) in [5, 5.41) is 9.25. The van der Waals surface area contributed by atoms with Crippen molar-refractivity contribution in [1.29, 1.82) is 0 Å². The van der Waals surface area contributed by atoms with Crippen molar-refractivity contribution in [2.45, 2.75) is 30.1 Å². The van der Waals surface area contributed by atoms with Crippen LogP contribution in [0.3, 0.4) is 0 Å². The lowest BCUT2D eigenvalue weighted by Gasteiger charge is -2.32. The van der Waals surface area contributed by atoms with E-state index in [-0.39, 0.29) is 24.5 Å². The molecule has 0 aromatic carbocycles. The van der Waals surface area contributed by atoms with Crippen LogP contribution in [0.1, 0.15) is 19.3 Å². The first-order valence-corrected chi connectivity index (χ1v) is 9.58. The van der Waals surface area contributed by atoms with Crippen molar-refractivity contribution in [2.75, 3.05) is 31.3 Å². The summed E-state index contributed by atoms with van der Waals surface area (Å²) < 4.78 is 54.0. The molecule has 2 aliphatic rings. The highest BCUT2D eigenvalue weighted by atomic mass is 32.2. The van der Waals surface area contributed by atoms with Gasteiger partial charge in [0.1, 0.15) is 0 Å². The molecule has 0 amide bonds. The van der Waals surface area contributed by atoms with E-state index in [1.807, 2.05) is 0 Å². The average molecular weight is 313 g/mol. The maximum atomic E-state index is 12.0. The molecule has 2 aliphatic heterocycles. The largest absolute Gasteiger partial charge is 0.388 e. The van der Waals surface area contributed by atoms with E-state index < -0.39 is 30.7 Å². The van der Waals surface area contributed by atoms with Crippen molar-refractivity contribution in [3.05, 3.63) is 0 Å². The molecule has 7 nitrogen and oxygen atoms in total. The van der Waals surface area contributed by atoms with Crippen molar-refractivity contribution in [2.24, 2.45) is 0 Å². The number of aliphatic hydroxyl groups is 1. The molecule has 0 saturated carbocycles. The third-order valence-electron chi connectivity index (χ3n) is 3.66. The summed E-state index contributed by atoms with van der Waals surface area (Å²) in [4.78, 5) is 0. The Hall–Kier alpha value is -0.220. The molecule has 0 spiro atoms. The van der Waals surface area contributed by atoms with Crippen molar-refractivity contribution < 1.29 is 26.7 Å². The van der Waals surface area contributed by atoms with Gasteiger partial charge in [0.15, 0.2) is 9.84 Å². The SMILES string of the molecule is O=S1(=O)CCC(S(=O)(=O)NCC2(O)CCOCC2)C1. The topological polar surface area (TPSA) is 110 Å². The van der Waals surface area contributed by atoms with Crippen molar-refractivity contribution in [1.82, 2.24) is 4.72 Å². The molecule has 2 heterocycles. The van der Waals surface area contributed by atoms with E-state index in [1.165, 1.54) is 0 Å². The number of nitrogens with one attached hydrogen (secondary N) is 1. The van der Waals surface area contributed by atoms with Crippen LogP contribution in [0, 0.1) is 0 Å². The molecule has 19 heavy (non-hydrogen) atoms. The molecule has 0 aliphatic carbocycles. The van der Waals surface area contributed by atoms with Crippen molar-refractivity contribution >= 4 is 19.9 Å². The van der Waals surface area contributed by atoms with Gasteiger partial charge in [-0.1, -0.05) is 0 Å². The Morgan fingerprint density at radius 1 is 1.32 bits per heavy atom. The van der Waals surface area contributed by atoms with Gasteiger partial charge in [-0.15, -0.1) is 0 Å². The zero-order valence-electron chi connectivity index (χ0n) is 10.5. The Labute approximate surface area is 113 Å². The predicted molar refractivity (Wildman–Crippen MR) is 69.0 cm³/mol. The lowest BCUT2D eigenvalue weighted by atomic mass is 9.95. The minimum atomic E-state index is -3.70. The second kappa shape index (κ2) is 5.28.